The normalized spacial score (nSPS) is 26.3. The lowest BCUT2D eigenvalue weighted by Gasteiger charge is -2.40. The van der Waals surface area contributed by atoms with Gasteiger partial charge in [0.05, 0.1) is 24.5 Å². The maximum absolute atomic E-state index is 12.6. The minimum absolute atomic E-state index is 0.0229. The molecule has 1 unspecified atom stereocenters. The van der Waals surface area contributed by atoms with Crippen LogP contribution in [-0.4, -0.2) is 68.0 Å². The summed E-state index contributed by atoms with van der Waals surface area (Å²) in [6.45, 7) is 10.7. The number of rotatable bonds is 0. The van der Waals surface area contributed by atoms with Crippen LogP contribution in [0.3, 0.4) is 0 Å². The fourth-order valence-corrected chi connectivity index (χ4v) is 3.00. The molecular formula is C20H32F3N3O5. The van der Waals surface area contributed by atoms with E-state index in [0.29, 0.717) is 39.3 Å². The molecule has 0 aromatic rings. The molecule has 2 heterocycles. The van der Waals surface area contributed by atoms with E-state index in [1.807, 2.05) is 39.8 Å². The number of aliphatic carboxylic acids is 1. The second kappa shape index (κ2) is 10.9. The van der Waals surface area contributed by atoms with Crippen molar-refractivity contribution in [1.82, 2.24) is 16.0 Å². The van der Waals surface area contributed by atoms with Gasteiger partial charge in [-0.05, 0) is 18.8 Å². The summed E-state index contributed by atoms with van der Waals surface area (Å²) in [6.07, 6.45) is -0.417. The van der Waals surface area contributed by atoms with Gasteiger partial charge in [-0.25, -0.2) is 4.79 Å². The monoisotopic (exact) mass is 451 g/mol. The molecule has 0 aliphatic carbocycles. The molecule has 4 N–H and O–H groups in total. The van der Waals surface area contributed by atoms with Crippen LogP contribution in [0.2, 0.25) is 0 Å². The van der Waals surface area contributed by atoms with E-state index in [0.717, 1.165) is 0 Å². The number of allylic oxidation sites excluding steroid dienone is 1. The average Bonchev–Trinajstić information content (AvgIpc) is 2.58. The number of carboxylic acids is 1. The van der Waals surface area contributed by atoms with Gasteiger partial charge in [-0.3, -0.25) is 9.59 Å². The zero-order valence-electron chi connectivity index (χ0n) is 18.3. The summed E-state index contributed by atoms with van der Waals surface area (Å²) in [6, 6.07) is -0.116. The van der Waals surface area contributed by atoms with Crippen LogP contribution in [0.4, 0.5) is 13.2 Å². The van der Waals surface area contributed by atoms with E-state index in [-0.39, 0.29) is 34.6 Å². The number of alkyl halides is 3. The highest BCUT2D eigenvalue weighted by Gasteiger charge is 2.43. The average molecular weight is 451 g/mol. The number of amides is 2. The van der Waals surface area contributed by atoms with Gasteiger partial charge in [0.25, 0.3) is 0 Å². The highest BCUT2D eigenvalue weighted by Crippen LogP contribution is 2.29. The van der Waals surface area contributed by atoms with Crippen molar-refractivity contribution in [2.24, 2.45) is 16.7 Å². The first kappa shape index (κ1) is 26.9. The third kappa shape index (κ3) is 8.48. The first-order valence-electron chi connectivity index (χ1n) is 10.0. The highest BCUT2D eigenvalue weighted by molar-refractivity contribution is 5.84. The molecule has 11 heteroatoms. The maximum atomic E-state index is 12.6. The molecular weight excluding hydrogens is 419 g/mol. The second-order valence-corrected chi connectivity index (χ2v) is 8.94. The molecule has 2 aliphatic rings. The highest BCUT2D eigenvalue weighted by atomic mass is 19.4. The second-order valence-electron chi connectivity index (χ2n) is 8.94. The van der Waals surface area contributed by atoms with Gasteiger partial charge in [0.2, 0.25) is 11.8 Å². The molecule has 2 atom stereocenters. The number of carboxylic acid groups (broad SMARTS) is 1. The number of halogens is 3. The zero-order valence-corrected chi connectivity index (χ0v) is 18.3. The van der Waals surface area contributed by atoms with Gasteiger partial charge >= 0.3 is 12.1 Å². The molecule has 178 valence electrons. The van der Waals surface area contributed by atoms with Crippen LogP contribution in [-0.2, 0) is 19.1 Å². The van der Waals surface area contributed by atoms with Gasteiger partial charge in [0.15, 0.2) is 0 Å². The lowest BCUT2D eigenvalue weighted by molar-refractivity contribution is -0.192. The van der Waals surface area contributed by atoms with Gasteiger partial charge in [-0.15, -0.1) is 0 Å². The molecule has 0 aromatic heterocycles. The van der Waals surface area contributed by atoms with E-state index in [9.17, 15) is 22.8 Å². The first-order chi connectivity index (χ1) is 14.2. The summed E-state index contributed by atoms with van der Waals surface area (Å²) in [7, 11) is 0. The Bertz CT molecular complexity index is 670. The van der Waals surface area contributed by atoms with E-state index < -0.39 is 12.1 Å². The molecule has 2 amide bonds. The fourth-order valence-electron chi connectivity index (χ4n) is 3.00. The largest absolute Gasteiger partial charge is 0.490 e. The Kier molecular flexibility index (Phi) is 9.49. The van der Waals surface area contributed by atoms with E-state index in [4.69, 9.17) is 14.6 Å². The van der Waals surface area contributed by atoms with Gasteiger partial charge < -0.3 is 25.8 Å². The quantitative estimate of drug-likeness (QED) is 0.415. The summed E-state index contributed by atoms with van der Waals surface area (Å²) in [5.41, 5.74) is -0.548. The zero-order chi connectivity index (χ0) is 23.9. The van der Waals surface area contributed by atoms with Crippen LogP contribution >= 0.6 is 0 Å². The molecule has 0 saturated carbocycles. The van der Waals surface area contributed by atoms with E-state index in [1.165, 1.54) is 0 Å². The lowest BCUT2D eigenvalue weighted by atomic mass is 9.77. The molecule has 1 spiro atoms. The van der Waals surface area contributed by atoms with Gasteiger partial charge in [0, 0.05) is 25.7 Å². The standard InChI is InChI=1S/C18H31N3O3.C2HF3O2/c1-13-9-20-16(23)18(11-19-12-18)7-5-6-8-24-10-14(15(22)21-13)17(2,3)4;3-2(4,5)1(6)7/h5-6,13-14,19H,7-12H2,1-4H3,(H,20,23)(H,21,22);(H,6,7)/b6-5+;/t13-,14?;/m1./s1. The maximum Gasteiger partial charge on any atom is 0.490 e. The predicted molar refractivity (Wildman–Crippen MR) is 107 cm³/mol. The number of hydrogen-bond donors (Lipinski definition) is 4. The van der Waals surface area contributed by atoms with Crippen molar-refractivity contribution in [3.63, 3.8) is 0 Å². The van der Waals surface area contributed by atoms with Crippen molar-refractivity contribution >= 4 is 17.8 Å². The first-order valence-corrected chi connectivity index (χ1v) is 10.0. The van der Waals surface area contributed by atoms with Crippen molar-refractivity contribution in [2.75, 3.05) is 32.8 Å². The Labute approximate surface area is 180 Å². The molecule has 2 aliphatic heterocycles. The molecule has 0 aromatic carbocycles. The van der Waals surface area contributed by atoms with Crippen LogP contribution in [0.15, 0.2) is 12.2 Å². The van der Waals surface area contributed by atoms with Crippen molar-refractivity contribution < 1.29 is 37.4 Å². The Morgan fingerprint density at radius 3 is 2.23 bits per heavy atom. The minimum Gasteiger partial charge on any atom is -0.475 e. The Morgan fingerprint density at radius 1 is 1.19 bits per heavy atom. The molecule has 31 heavy (non-hydrogen) atoms. The lowest BCUT2D eigenvalue weighted by Crippen LogP contribution is -2.62. The molecule has 1 saturated heterocycles. The topological polar surface area (TPSA) is 117 Å². The summed E-state index contributed by atoms with van der Waals surface area (Å²) in [5.74, 6) is -2.95. The van der Waals surface area contributed by atoms with Crippen LogP contribution in [0, 0.1) is 16.7 Å². The molecule has 8 nitrogen and oxygen atoms in total. The smallest absolute Gasteiger partial charge is 0.475 e. The van der Waals surface area contributed by atoms with E-state index in [2.05, 4.69) is 16.0 Å². The predicted octanol–water partition coefficient (Wildman–Crippen LogP) is 1.47. The van der Waals surface area contributed by atoms with Crippen molar-refractivity contribution in [1.29, 1.82) is 0 Å². The number of carbonyl (C=O) groups is 3. The van der Waals surface area contributed by atoms with E-state index in [1.54, 1.807) is 0 Å². The van der Waals surface area contributed by atoms with Crippen LogP contribution < -0.4 is 16.0 Å². The van der Waals surface area contributed by atoms with Crippen LogP contribution in [0.25, 0.3) is 0 Å². The summed E-state index contributed by atoms with van der Waals surface area (Å²) in [4.78, 5) is 34.0. The Morgan fingerprint density at radius 2 is 1.77 bits per heavy atom. The minimum atomic E-state index is -5.08. The number of nitrogens with one attached hydrogen (secondary N) is 3. The SMILES string of the molecule is C[C@@H]1CNC(=O)C2(C/C=C/COCC(C(C)(C)C)C(=O)N1)CNC2.O=C(O)C(F)(F)F. The van der Waals surface area contributed by atoms with Crippen molar-refractivity contribution in [2.45, 2.75) is 46.3 Å². The molecule has 0 radical (unpaired) electrons. The van der Waals surface area contributed by atoms with Crippen LogP contribution in [0.5, 0.6) is 0 Å². The molecule has 2 rings (SSSR count). The van der Waals surface area contributed by atoms with Crippen molar-refractivity contribution in [3.05, 3.63) is 12.2 Å². The Balaban J connectivity index is 0.000000592. The van der Waals surface area contributed by atoms with E-state index >= 15 is 0 Å². The summed E-state index contributed by atoms with van der Waals surface area (Å²) < 4.78 is 37.4. The molecule has 0 bridgehead atoms. The number of ether oxygens (including phenoxy) is 1. The third-order valence-electron chi connectivity index (χ3n) is 5.14. The van der Waals surface area contributed by atoms with Crippen molar-refractivity contribution in [3.8, 4) is 0 Å². The van der Waals surface area contributed by atoms with Crippen LogP contribution in [0.1, 0.15) is 34.1 Å². The summed E-state index contributed by atoms with van der Waals surface area (Å²) in [5, 5.41) is 16.3. The van der Waals surface area contributed by atoms with Gasteiger partial charge in [0.1, 0.15) is 0 Å². The summed E-state index contributed by atoms with van der Waals surface area (Å²) >= 11 is 0. The molecule has 1 fully saturated rings. The van der Waals surface area contributed by atoms with Gasteiger partial charge in [-0.1, -0.05) is 32.9 Å². The fraction of sp³-hybridized carbons (Fsp3) is 0.750. The number of carbonyl (C=O) groups excluding carboxylic acids is 2. The number of hydrogen-bond acceptors (Lipinski definition) is 5. The van der Waals surface area contributed by atoms with Gasteiger partial charge in [-0.2, -0.15) is 13.2 Å². The Hall–Kier alpha value is -2.14. The third-order valence-corrected chi connectivity index (χ3v) is 5.14.